The molecule has 6 heteroatoms. The molecule has 3 N–H and O–H groups in total. The van der Waals surface area contributed by atoms with Gasteiger partial charge in [-0.25, -0.2) is 4.79 Å². The fourth-order valence-electron chi connectivity index (χ4n) is 5.18. The fourth-order valence-corrected chi connectivity index (χ4v) is 5.18. The number of nitrogens with zero attached hydrogens (tertiary/aromatic N) is 2. The topological polar surface area (TPSA) is 81.2 Å². The molecule has 6 rings (SSSR count). The van der Waals surface area contributed by atoms with E-state index in [1.165, 1.54) is 0 Å². The number of phenolic OH excluding ortho intramolecular Hbond substituents is 1. The SMILES string of the molecule is O=c1nc(N2C3CCC2CNC3)c2ccc(-c3c(O)ccc4ccccc34)cc2[nH]1. The Kier molecular flexibility index (Phi) is 3.83. The van der Waals surface area contributed by atoms with E-state index in [9.17, 15) is 9.90 Å². The number of hydrogen-bond acceptors (Lipinski definition) is 5. The number of aromatic amines is 1. The summed E-state index contributed by atoms with van der Waals surface area (Å²) < 4.78 is 0. The van der Waals surface area contributed by atoms with Crippen molar-refractivity contribution in [2.45, 2.75) is 24.9 Å². The number of aromatic hydroxyl groups is 1. The molecule has 2 aliphatic rings. The number of benzene rings is 3. The third kappa shape index (κ3) is 2.60. The lowest BCUT2D eigenvalue weighted by Crippen LogP contribution is -2.52. The molecule has 1 aromatic heterocycles. The summed E-state index contributed by atoms with van der Waals surface area (Å²) in [6.07, 6.45) is 2.24. The number of anilines is 1. The van der Waals surface area contributed by atoms with Crippen LogP contribution in [0.3, 0.4) is 0 Å². The smallest absolute Gasteiger partial charge is 0.347 e. The number of nitrogens with one attached hydrogen (secondary N) is 2. The lowest BCUT2D eigenvalue weighted by molar-refractivity contribution is 0.478. The molecule has 2 atom stereocenters. The summed E-state index contributed by atoms with van der Waals surface area (Å²) in [5.41, 5.74) is 2.05. The van der Waals surface area contributed by atoms with Crippen molar-refractivity contribution in [3.8, 4) is 16.9 Å². The second-order valence-corrected chi connectivity index (χ2v) is 8.26. The van der Waals surface area contributed by atoms with Crippen molar-refractivity contribution in [2.75, 3.05) is 18.0 Å². The van der Waals surface area contributed by atoms with Crippen LogP contribution in [-0.4, -0.2) is 40.2 Å². The van der Waals surface area contributed by atoms with Gasteiger partial charge in [0.25, 0.3) is 0 Å². The first kappa shape index (κ1) is 17.5. The fraction of sp³-hybridized carbons (Fsp3) is 0.250. The van der Waals surface area contributed by atoms with Crippen molar-refractivity contribution in [2.24, 2.45) is 0 Å². The number of fused-ring (bicyclic) bond motifs is 4. The van der Waals surface area contributed by atoms with Gasteiger partial charge < -0.3 is 20.3 Å². The Hall–Kier alpha value is -3.38. The van der Waals surface area contributed by atoms with Crippen LogP contribution in [0.25, 0.3) is 32.8 Å². The van der Waals surface area contributed by atoms with Gasteiger partial charge >= 0.3 is 5.69 Å². The van der Waals surface area contributed by atoms with Gasteiger partial charge in [0.05, 0.1) is 5.52 Å². The number of aromatic nitrogens is 2. The van der Waals surface area contributed by atoms with E-state index < -0.39 is 0 Å². The number of hydrogen-bond donors (Lipinski definition) is 3. The molecule has 2 unspecified atom stereocenters. The van der Waals surface area contributed by atoms with E-state index in [4.69, 9.17) is 0 Å². The highest BCUT2D eigenvalue weighted by molar-refractivity contribution is 6.02. The number of rotatable bonds is 2. The first-order valence-electron chi connectivity index (χ1n) is 10.4. The van der Waals surface area contributed by atoms with Crippen LogP contribution in [-0.2, 0) is 0 Å². The van der Waals surface area contributed by atoms with Crippen molar-refractivity contribution < 1.29 is 5.11 Å². The van der Waals surface area contributed by atoms with E-state index >= 15 is 0 Å². The maximum Gasteiger partial charge on any atom is 0.347 e. The lowest BCUT2D eigenvalue weighted by Gasteiger charge is -2.36. The second kappa shape index (κ2) is 6.57. The molecule has 2 bridgehead atoms. The first-order valence-corrected chi connectivity index (χ1v) is 10.4. The molecule has 2 saturated heterocycles. The van der Waals surface area contributed by atoms with E-state index in [-0.39, 0.29) is 11.4 Å². The predicted octanol–water partition coefficient (Wildman–Crippen LogP) is 3.39. The van der Waals surface area contributed by atoms with E-state index in [0.29, 0.717) is 12.1 Å². The number of H-pyrrole nitrogens is 1. The molecular formula is C24H22N4O2. The third-order valence-electron chi connectivity index (χ3n) is 6.53. The first-order chi connectivity index (χ1) is 14.7. The summed E-state index contributed by atoms with van der Waals surface area (Å²) in [5.74, 6) is 1.00. The summed E-state index contributed by atoms with van der Waals surface area (Å²) in [7, 11) is 0. The zero-order valence-electron chi connectivity index (χ0n) is 16.4. The van der Waals surface area contributed by atoms with Gasteiger partial charge in [0.2, 0.25) is 0 Å². The van der Waals surface area contributed by atoms with Gasteiger partial charge in [0.15, 0.2) is 0 Å². The monoisotopic (exact) mass is 398 g/mol. The Labute approximate surface area is 173 Å². The molecule has 0 spiro atoms. The summed E-state index contributed by atoms with van der Waals surface area (Å²) in [4.78, 5) is 22.1. The molecule has 3 aromatic carbocycles. The zero-order valence-corrected chi connectivity index (χ0v) is 16.4. The van der Waals surface area contributed by atoms with Crippen molar-refractivity contribution in [1.82, 2.24) is 15.3 Å². The van der Waals surface area contributed by atoms with E-state index in [1.54, 1.807) is 6.07 Å². The average molecular weight is 398 g/mol. The second-order valence-electron chi connectivity index (χ2n) is 8.26. The van der Waals surface area contributed by atoms with Crippen molar-refractivity contribution >= 4 is 27.5 Å². The molecule has 6 nitrogen and oxygen atoms in total. The Bertz CT molecular complexity index is 1330. The third-order valence-corrected chi connectivity index (χ3v) is 6.53. The molecule has 150 valence electrons. The summed E-state index contributed by atoms with van der Waals surface area (Å²) in [6, 6.07) is 18.4. The molecule has 2 aliphatic heterocycles. The van der Waals surface area contributed by atoms with E-state index in [2.05, 4.69) is 20.2 Å². The van der Waals surface area contributed by atoms with Crippen molar-refractivity contribution in [1.29, 1.82) is 0 Å². The number of piperazine rings is 1. The minimum Gasteiger partial charge on any atom is -0.507 e. The molecule has 0 saturated carbocycles. The Morgan fingerprint density at radius 2 is 1.77 bits per heavy atom. The van der Waals surface area contributed by atoms with Crippen molar-refractivity contribution in [3.05, 3.63) is 65.1 Å². The minimum absolute atomic E-state index is 0.227. The predicted molar refractivity (Wildman–Crippen MR) is 119 cm³/mol. The largest absolute Gasteiger partial charge is 0.507 e. The zero-order chi connectivity index (χ0) is 20.2. The summed E-state index contributed by atoms with van der Waals surface area (Å²) in [5, 5.41) is 17.1. The highest BCUT2D eigenvalue weighted by Gasteiger charge is 2.38. The average Bonchev–Trinajstić information content (AvgIpc) is 3.00. The normalized spacial score (nSPS) is 20.9. The van der Waals surface area contributed by atoms with E-state index in [1.807, 2.05) is 48.5 Å². The maximum absolute atomic E-state index is 12.4. The Morgan fingerprint density at radius 3 is 2.60 bits per heavy atom. The molecule has 2 fully saturated rings. The van der Waals surface area contributed by atoms with Crippen LogP contribution in [0.2, 0.25) is 0 Å². The molecule has 30 heavy (non-hydrogen) atoms. The quantitative estimate of drug-likeness (QED) is 0.482. The van der Waals surface area contributed by atoms with Crippen LogP contribution >= 0.6 is 0 Å². The lowest BCUT2D eigenvalue weighted by atomic mass is 9.96. The van der Waals surface area contributed by atoms with Crippen LogP contribution < -0.4 is 15.9 Å². The van der Waals surface area contributed by atoms with Gasteiger partial charge in [-0.05, 0) is 47.4 Å². The van der Waals surface area contributed by atoms with Gasteiger partial charge in [-0.2, -0.15) is 4.98 Å². The standard InChI is InChI=1S/C24H22N4O2/c29-21-10-6-14-3-1-2-4-18(14)22(21)15-5-9-19-20(11-15)26-24(30)27-23(19)28-16-7-8-17(28)13-25-12-16/h1-6,9-11,16-17,25,29H,7-8,12-13H2,(H,26,27,30). The van der Waals surface area contributed by atoms with Crippen LogP contribution in [0.15, 0.2) is 59.4 Å². The maximum atomic E-state index is 12.4. The minimum atomic E-state index is -0.338. The van der Waals surface area contributed by atoms with Gasteiger partial charge in [-0.15, -0.1) is 0 Å². The molecule has 4 aromatic rings. The van der Waals surface area contributed by atoms with Gasteiger partial charge in [-0.3, -0.25) is 0 Å². The van der Waals surface area contributed by atoms with E-state index in [0.717, 1.165) is 64.6 Å². The van der Waals surface area contributed by atoms with Gasteiger partial charge in [-0.1, -0.05) is 36.4 Å². The van der Waals surface area contributed by atoms with Gasteiger partial charge in [0.1, 0.15) is 11.6 Å². The molecule has 0 amide bonds. The number of phenols is 1. The molecule has 3 heterocycles. The van der Waals surface area contributed by atoms with Crippen molar-refractivity contribution in [3.63, 3.8) is 0 Å². The molecular weight excluding hydrogens is 376 g/mol. The molecule has 0 radical (unpaired) electrons. The summed E-state index contributed by atoms with van der Waals surface area (Å²) in [6.45, 7) is 1.85. The highest BCUT2D eigenvalue weighted by atomic mass is 16.3. The molecule has 0 aliphatic carbocycles. The van der Waals surface area contributed by atoms with Crippen LogP contribution in [0, 0.1) is 0 Å². The highest BCUT2D eigenvalue weighted by Crippen LogP contribution is 2.39. The summed E-state index contributed by atoms with van der Waals surface area (Å²) >= 11 is 0. The van der Waals surface area contributed by atoms with Gasteiger partial charge in [0, 0.05) is 36.1 Å². The Morgan fingerprint density at radius 1 is 0.967 bits per heavy atom. The van der Waals surface area contributed by atoms with Crippen LogP contribution in [0.4, 0.5) is 5.82 Å². The van der Waals surface area contributed by atoms with Crippen LogP contribution in [0.1, 0.15) is 12.8 Å². The Balaban J connectivity index is 1.55. The van der Waals surface area contributed by atoms with Crippen LogP contribution in [0.5, 0.6) is 5.75 Å².